The Morgan fingerprint density at radius 1 is 1.00 bits per heavy atom. The Morgan fingerprint density at radius 3 is 2.12 bits per heavy atom. The van der Waals surface area contributed by atoms with Gasteiger partial charge < -0.3 is 14.2 Å². The number of methoxy groups -OCH3 is 3. The van der Waals surface area contributed by atoms with Crippen molar-refractivity contribution in [1.82, 2.24) is 0 Å². The molecule has 0 spiro atoms. The molecule has 2 aromatic rings. The summed E-state index contributed by atoms with van der Waals surface area (Å²) in [4.78, 5) is 12.3. The molecule has 0 saturated heterocycles. The molecule has 2 aromatic carbocycles. The maximum atomic E-state index is 12.3. The lowest BCUT2D eigenvalue weighted by Crippen LogP contribution is -1.96. The Morgan fingerprint density at radius 2 is 1.62 bits per heavy atom. The Bertz CT molecular complexity index is 756. The molecule has 2 rings (SSSR count). The minimum absolute atomic E-state index is 0.134. The Hall–Kier alpha value is -2.46. The first-order chi connectivity index (χ1) is 11.5. The Balaban J connectivity index is 2.30. The molecule has 24 heavy (non-hydrogen) atoms. The molecule has 0 N–H and O–H groups in total. The lowest BCUT2D eigenvalue weighted by Gasteiger charge is -2.12. The molecule has 0 atom stereocenters. The zero-order valence-corrected chi connectivity index (χ0v) is 14.8. The van der Waals surface area contributed by atoms with Gasteiger partial charge in [0.1, 0.15) is 0 Å². The van der Waals surface area contributed by atoms with Crippen LogP contribution in [0.15, 0.2) is 36.4 Å². The van der Waals surface area contributed by atoms with E-state index in [-0.39, 0.29) is 5.78 Å². The topological polar surface area (TPSA) is 44.8 Å². The van der Waals surface area contributed by atoms with Crippen molar-refractivity contribution in [2.75, 3.05) is 21.3 Å². The second-order valence-electron chi connectivity index (χ2n) is 5.12. The quantitative estimate of drug-likeness (QED) is 0.567. The zero-order valence-electron chi connectivity index (χ0n) is 14.1. The van der Waals surface area contributed by atoms with E-state index in [1.165, 1.54) is 6.08 Å². The average Bonchev–Trinajstić information content (AvgIpc) is 2.60. The van der Waals surface area contributed by atoms with E-state index in [2.05, 4.69) is 0 Å². The second kappa shape index (κ2) is 7.88. The molecule has 0 bridgehead atoms. The number of benzene rings is 2. The van der Waals surface area contributed by atoms with Crippen molar-refractivity contribution >= 4 is 23.5 Å². The fourth-order valence-electron chi connectivity index (χ4n) is 2.21. The molecule has 4 nitrogen and oxygen atoms in total. The molecule has 0 unspecified atom stereocenters. The fraction of sp³-hybridized carbons (Fsp3) is 0.211. The molecule has 0 aliphatic rings. The third-order valence-electron chi connectivity index (χ3n) is 3.57. The monoisotopic (exact) mass is 346 g/mol. The van der Waals surface area contributed by atoms with Crippen LogP contribution in [-0.2, 0) is 0 Å². The maximum absolute atomic E-state index is 12.3. The van der Waals surface area contributed by atoms with E-state index in [9.17, 15) is 4.79 Å². The van der Waals surface area contributed by atoms with Crippen LogP contribution in [0.1, 0.15) is 21.5 Å². The number of hydrogen-bond acceptors (Lipinski definition) is 4. The number of aryl methyl sites for hydroxylation is 1. The molecule has 0 amide bonds. The summed E-state index contributed by atoms with van der Waals surface area (Å²) in [5.41, 5.74) is 2.23. The minimum Gasteiger partial charge on any atom is -0.493 e. The molecule has 0 saturated carbocycles. The lowest BCUT2D eigenvalue weighted by molar-refractivity contribution is 0.104. The number of ether oxygens (including phenoxy) is 3. The number of hydrogen-bond donors (Lipinski definition) is 0. The van der Waals surface area contributed by atoms with Gasteiger partial charge in [0.15, 0.2) is 17.3 Å². The van der Waals surface area contributed by atoms with Gasteiger partial charge in [-0.05, 0) is 42.3 Å². The smallest absolute Gasteiger partial charge is 0.203 e. The van der Waals surface area contributed by atoms with Crippen molar-refractivity contribution in [1.29, 1.82) is 0 Å². The van der Waals surface area contributed by atoms with Crippen LogP contribution in [0.5, 0.6) is 17.2 Å². The number of rotatable bonds is 6. The van der Waals surface area contributed by atoms with Crippen LogP contribution in [0.3, 0.4) is 0 Å². The maximum Gasteiger partial charge on any atom is 0.203 e. The lowest BCUT2D eigenvalue weighted by atomic mass is 10.1. The second-order valence-corrected chi connectivity index (χ2v) is 5.53. The summed E-state index contributed by atoms with van der Waals surface area (Å²) in [6, 6.07) is 8.78. The first kappa shape index (κ1) is 17.9. The molecule has 5 heteroatoms. The Labute approximate surface area is 146 Å². The molecular formula is C19H19ClO4. The predicted molar refractivity (Wildman–Crippen MR) is 95.7 cm³/mol. The summed E-state index contributed by atoms with van der Waals surface area (Å²) in [5, 5.41) is 0.571. The van der Waals surface area contributed by atoms with Gasteiger partial charge in [0, 0.05) is 10.6 Å². The summed E-state index contributed by atoms with van der Waals surface area (Å²) < 4.78 is 15.9. The SMILES string of the molecule is COc1cc(/C=C/C(=O)c2ccc(C)c(Cl)c2)cc(OC)c1OC. The highest BCUT2D eigenvalue weighted by Gasteiger charge is 2.12. The first-order valence-corrected chi connectivity index (χ1v) is 7.66. The van der Waals surface area contributed by atoms with Crippen LogP contribution in [0.25, 0.3) is 6.08 Å². The van der Waals surface area contributed by atoms with Gasteiger partial charge in [-0.1, -0.05) is 29.8 Å². The number of halogens is 1. The van der Waals surface area contributed by atoms with Gasteiger partial charge in [0.25, 0.3) is 0 Å². The van der Waals surface area contributed by atoms with Gasteiger partial charge in [-0.15, -0.1) is 0 Å². The predicted octanol–water partition coefficient (Wildman–Crippen LogP) is 4.57. The third-order valence-corrected chi connectivity index (χ3v) is 3.98. The fourth-order valence-corrected chi connectivity index (χ4v) is 2.39. The van der Waals surface area contributed by atoms with Crippen LogP contribution >= 0.6 is 11.6 Å². The normalized spacial score (nSPS) is 10.7. The molecule has 126 valence electrons. The molecule has 0 aromatic heterocycles. The minimum atomic E-state index is -0.134. The van der Waals surface area contributed by atoms with E-state index in [1.54, 1.807) is 51.7 Å². The van der Waals surface area contributed by atoms with E-state index in [0.29, 0.717) is 27.8 Å². The van der Waals surface area contributed by atoms with Crippen LogP contribution in [0.4, 0.5) is 0 Å². The average molecular weight is 347 g/mol. The molecule has 0 aliphatic heterocycles. The van der Waals surface area contributed by atoms with E-state index in [1.807, 2.05) is 13.0 Å². The molecule has 0 heterocycles. The van der Waals surface area contributed by atoms with Crippen LogP contribution in [0.2, 0.25) is 5.02 Å². The van der Waals surface area contributed by atoms with Crippen molar-refractivity contribution in [3.05, 3.63) is 58.1 Å². The summed E-state index contributed by atoms with van der Waals surface area (Å²) in [5.74, 6) is 1.43. The van der Waals surface area contributed by atoms with Crippen molar-refractivity contribution in [2.45, 2.75) is 6.92 Å². The van der Waals surface area contributed by atoms with E-state index in [4.69, 9.17) is 25.8 Å². The van der Waals surface area contributed by atoms with Crippen molar-refractivity contribution in [3.8, 4) is 17.2 Å². The van der Waals surface area contributed by atoms with Crippen molar-refractivity contribution < 1.29 is 19.0 Å². The molecule has 0 aliphatic carbocycles. The largest absolute Gasteiger partial charge is 0.493 e. The number of allylic oxidation sites excluding steroid dienone is 1. The van der Waals surface area contributed by atoms with Crippen LogP contribution < -0.4 is 14.2 Å². The highest BCUT2D eigenvalue weighted by molar-refractivity contribution is 6.31. The van der Waals surface area contributed by atoms with Gasteiger partial charge >= 0.3 is 0 Å². The molecule has 0 fully saturated rings. The van der Waals surface area contributed by atoms with Crippen molar-refractivity contribution in [2.24, 2.45) is 0 Å². The number of ketones is 1. The van der Waals surface area contributed by atoms with E-state index in [0.717, 1.165) is 11.1 Å². The van der Waals surface area contributed by atoms with Gasteiger partial charge in [0.05, 0.1) is 21.3 Å². The van der Waals surface area contributed by atoms with Gasteiger partial charge in [0.2, 0.25) is 5.75 Å². The Kier molecular flexibility index (Phi) is 5.88. The van der Waals surface area contributed by atoms with Gasteiger partial charge in [-0.25, -0.2) is 0 Å². The van der Waals surface area contributed by atoms with E-state index >= 15 is 0 Å². The van der Waals surface area contributed by atoms with Crippen LogP contribution in [0, 0.1) is 6.92 Å². The summed E-state index contributed by atoms with van der Waals surface area (Å²) in [7, 11) is 4.63. The molecule has 0 radical (unpaired) electrons. The summed E-state index contributed by atoms with van der Waals surface area (Å²) in [6.07, 6.45) is 3.18. The zero-order chi connectivity index (χ0) is 17.7. The summed E-state index contributed by atoms with van der Waals surface area (Å²) >= 11 is 6.06. The van der Waals surface area contributed by atoms with Crippen LogP contribution in [-0.4, -0.2) is 27.1 Å². The number of carbonyl (C=O) groups is 1. The number of carbonyl (C=O) groups excluding carboxylic acids is 1. The molecular weight excluding hydrogens is 328 g/mol. The standard InChI is InChI=1S/C19H19ClO4/c1-12-5-7-14(11-15(12)20)16(21)8-6-13-9-17(22-2)19(24-4)18(10-13)23-3/h5-11H,1-4H3/b8-6+. The third kappa shape index (κ3) is 3.89. The van der Waals surface area contributed by atoms with Gasteiger partial charge in [-0.3, -0.25) is 4.79 Å². The first-order valence-electron chi connectivity index (χ1n) is 7.28. The summed E-state index contributed by atoms with van der Waals surface area (Å²) in [6.45, 7) is 1.89. The highest BCUT2D eigenvalue weighted by atomic mass is 35.5. The van der Waals surface area contributed by atoms with E-state index < -0.39 is 0 Å². The van der Waals surface area contributed by atoms with Gasteiger partial charge in [-0.2, -0.15) is 0 Å². The highest BCUT2D eigenvalue weighted by Crippen LogP contribution is 2.38. The van der Waals surface area contributed by atoms with Crippen molar-refractivity contribution in [3.63, 3.8) is 0 Å².